The van der Waals surface area contributed by atoms with Crippen molar-refractivity contribution in [2.75, 3.05) is 20.2 Å². The number of amides is 1. The second kappa shape index (κ2) is 5.54. The zero-order chi connectivity index (χ0) is 14.1. The Morgan fingerprint density at radius 3 is 2.80 bits per heavy atom. The topological polar surface area (TPSA) is 52.6 Å². The summed E-state index contributed by atoms with van der Waals surface area (Å²) in [6.45, 7) is 1.14. The van der Waals surface area contributed by atoms with Gasteiger partial charge >= 0.3 is 0 Å². The van der Waals surface area contributed by atoms with E-state index in [1.54, 1.807) is 0 Å². The first kappa shape index (κ1) is 13.6. The number of hydrogen-bond donors (Lipinski definition) is 2. The lowest BCUT2D eigenvalue weighted by Gasteiger charge is -2.22. The molecule has 3 rings (SSSR count). The molecule has 2 aliphatic rings. The fourth-order valence-corrected chi connectivity index (χ4v) is 3.56. The first-order valence-electron chi connectivity index (χ1n) is 7.41. The number of aliphatic hydroxyl groups excluding tert-OH is 1. The third kappa shape index (κ3) is 2.34. The minimum absolute atomic E-state index is 0.00957. The van der Waals surface area contributed by atoms with Crippen molar-refractivity contribution in [3.05, 3.63) is 35.4 Å². The smallest absolute Gasteiger partial charge is 0.237 e. The molecule has 4 heteroatoms. The van der Waals surface area contributed by atoms with Crippen LogP contribution in [0.2, 0.25) is 0 Å². The number of carbonyl (C=O) groups is 1. The molecule has 1 aliphatic heterocycles. The molecule has 2 N–H and O–H groups in total. The van der Waals surface area contributed by atoms with Crippen molar-refractivity contribution in [2.45, 2.75) is 37.3 Å². The standard InChI is InChI=1S/C16H22N2O2/c1-18-8-4-7-15(18)16(20)17-14-9-11(10-19)12-5-2-3-6-13(12)14/h2-3,5-6,11,14-15,19H,4,7-10H2,1H3,(H,17,20)/t11-,14+,15+/m0/s1. The van der Waals surface area contributed by atoms with Gasteiger partial charge in [0, 0.05) is 5.92 Å². The second-order valence-corrected chi connectivity index (χ2v) is 5.94. The maximum Gasteiger partial charge on any atom is 0.237 e. The Bertz CT molecular complexity index is 503. The van der Waals surface area contributed by atoms with E-state index in [-0.39, 0.29) is 30.5 Å². The molecule has 3 atom stereocenters. The van der Waals surface area contributed by atoms with Crippen LogP contribution in [-0.4, -0.2) is 42.2 Å². The quantitative estimate of drug-likeness (QED) is 0.876. The lowest BCUT2D eigenvalue weighted by atomic mass is 10.0. The predicted octanol–water partition coefficient (Wildman–Crippen LogP) is 1.42. The van der Waals surface area contributed by atoms with Gasteiger partial charge in [0.1, 0.15) is 0 Å². The summed E-state index contributed by atoms with van der Waals surface area (Å²) in [4.78, 5) is 14.5. The van der Waals surface area contributed by atoms with Crippen LogP contribution in [0, 0.1) is 0 Å². The number of fused-ring (bicyclic) bond motifs is 1. The van der Waals surface area contributed by atoms with Crippen LogP contribution in [0.5, 0.6) is 0 Å². The van der Waals surface area contributed by atoms with Gasteiger partial charge in [-0.25, -0.2) is 0 Å². The molecule has 0 saturated carbocycles. The Morgan fingerprint density at radius 2 is 2.15 bits per heavy atom. The number of nitrogens with one attached hydrogen (secondary N) is 1. The van der Waals surface area contributed by atoms with Crippen LogP contribution in [0.3, 0.4) is 0 Å². The Balaban J connectivity index is 1.74. The average molecular weight is 274 g/mol. The Labute approximate surface area is 119 Å². The summed E-state index contributed by atoms with van der Waals surface area (Å²) in [7, 11) is 2.01. The highest BCUT2D eigenvalue weighted by Crippen LogP contribution is 2.39. The van der Waals surface area contributed by atoms with Crippen molar-refractivity contribution in [2.24, 2.45) is 0 Å². The first-order chi connectivity index (χ1) is 9.70. The molecule has 1 aromatic rings. The molecule has 0 bridgehead atoms. The van der Waals surface area contributed by atoms with Gasteiger partial charge in [-0.05, 0) is 44.0 Å². The van der Waals surface area contributed by atoms with Gasteiger partial charge in [0.2, 0.25) is 5.91 Å². The Morgan fingerprint density at radius 1 is 1.40 bits per heavy atom. The van der Waals surface area contributed by atoms with E-state index in [0.29, 0.717) is 0 Å². The van der Waals surface area contributed by atoms with Crippen LogP contribution in [0.25, 0.3) is 0 Å². The Hall–Kier alpha value is -1.39. The zero-order valence-corrected chi connectivity index (χ0v) is 11.9. The summed E-state index contributed by atoms with van der Waals surface area (Å²) in [6.07, 6.45) is 2.84. The van der Waals surface area contributed by atoms with Crippen molar-refractivity contribution in [3.8, 4) is 0 Å². The van der Waals surface area contributed by atoms with E-state index in [1.165, 1.54) is 11.1 Å². The zero-order valence-electron chi connectivity index (χ0n) is 11.9. The third-order valence-electron chi connectivity index (χ3n) is 4.69. The van der Waals surface area contributed by atoms with Gasteiger partial charge < -0.3 is 10.4 Å². The summed E-state index contributed by atoms with van der Waals surface area (Å²) in [6, 6.07) is 8.18. The monoisotopic (exact) mass is 274 g/mol. The van der Waals surface area contributed by atoms with E-state index in [2.05, 4.69) is 22.3 Å². The Kier molecular flexibility index (Phi) is 3.76. The number of benzene rings is 1. The number of nitrogens with zero attached hydrogens (tertiary/aromatic N) is 1. The molecule has 0 aromatic heterocycles. The minimum Gasteiger partial charge on any atom is -0.396 e. The van der Waals surface area contributed by atoms with Gasteiger partial charge in [-0.1, -0.05) is 24.3 Å². The van der Waals surface area contributed by atoms with E-state index in [4.69, 9.17) is 0 Å². The lowest BCUT2D eigenvalue weighted by Crippen LogP contribution is -2.42. The number of likely N-dealkylation sites (tertiary alicyclic amines) is 1. The molecule has 20 heavy (non-hydrogen) atoms. The fourth-order valence-electron chi connectivity index (χ4n) is 3.56. The van der Waals surface area contributed by atoms with Crippen LogP contribution >= 0.6 is 0 Å². The number of hydrogen-bond acceptors (Lipinski definition) is 3. The molecule has 108 valence electrons. The van der Waals surface area contributed by atoms with Crippen LogP contribution < -0.4 is 5.32 Å². The molecule has 1 aliphatic carbocycles. The highest BCUT2D eigenvalue weighted by atomic mass is 16.3. The molecule has 1 fully saturated rings. The average Bonchev–Trinajstić information content (AvgIpc) is 3.03. The SMILES string of the molecule is CN1CCC[C@@H]1C(=O)N[C@@H]1C[C@@H](CO)c2ccccc21. The fraction of sp³-hybridized carbons (Fsp3) is 0.562. The molecular formula is C16H22N2O2. The summed E-state index contributed by atoms with van der Waals surface area (Å²) >= 11 is 0. The van der Waals surface area contributed by atoms with Gasteiger partial charge in [-0.2, -0.15) is 0 Å². The van der Waals surface area contributed by atoms with E-state index in [1.807, 2.05) is 19.2 Å². The van der Waals surface area contributed by atoms with E-state index >= 15 is 0 Å². The highest BCUT2D eigenvalue weighted by Gasteiger charge is 2.34. The van der Waals surface area contributed by atoms with Crippen LogP contribution in [0.1, 0.15) is 42.3 Å². The van der Waals surface area contributed by atoms with Crippen LogP contribution in [-0.2, 0) is 4.79 Å². The van der Waals surface area contributed by atoms with E-state index in [9.17, 15) is 9.90 Å². The third-order valence-corrected chi connectivity index (χ3v) is 4.69. The first-order valence-corrected chi connectivity index (χ1v) is 7.41. The van der Waals surface area contributed by atoms with Gasteiger partial charge in [-0.15, -0.1) is 0 Å². The number of aliphatic hydroxyl groups is 1. The van der Waals surface area contributed by atoms with Crippen molar-refractivity contribution in [1.29, 1.82) is 0 Å². The number of carbonyl (C=O) groups excluding carboxylic acids is 1. The lowest BCUT2D eigenvalue weighted by molar-refractivity contribution is -0.125. The highest BCUT2D eigenvalue weighted by molar-refractivity contribution is 5.82. The molecule has 1 aromatic carbocycles. The van der Waals surface area contributed by atoms with Gasteiger partial charge in [0.25, 0.3) is 0 Å². The van der Waals surface area contributed by atoms with E-state index < -0.39 is 0 Å². The summed E-state index contributed by atoms with van der Waals surface area (Å²) in [5.74, 6) is 0.279. The second-order valence-electron chi connectivity index (χ2n) is 5.94. The molecule has 1 heterocycles. The summed E-state index contributed by atoms with van der Waals surface area (Å²) in [5, 5.41) is 12.7. The van der Waals surface area contributed by atoms with Crippen molar-refractivity contribution in [1.82, 2.24) is 10.2 Å². The summed E-state index contributed by atoms with van der Waals surface area (Å²) < 4.78 is 0. The minimum atomic E-state index is 0.00957. The number of rotatable bonds is 3. The molecule has 1 saturated heterocycles. The van der Waals surface area contributed by atoms with E-state index in [0.717, 1.165) is 25.8 Å². The van der Waals surface area contributed by atoms with Crippen LogP contribution in [0.15, 0.2) is 24.3 Å². The van der Waals surface area contributed by atoms with Crippen molar-refractivity contribution in [3.63, 3.8) is 0 Å². The normalized spacial score (nSPS) is 29.4. The molecule has 1 amide bonds. The largest absolute Gasteiger partial charge is 0.396 e. The van der Waals surface area contributed by atoms with Gasteiger partial charge in [0.15, 0.2) is 0 Å². The molecule has 0 spiro atoms. The van der Waals surface area contributed by atoms with Crippen molar-refractivity contribution >= 4 is 5.91 Å². The van der Waals surface area contributed by atoms with Gasteiger partial charge in [-0.3, -0.25) is 9.69 Å². The van der Waals surface area contributed by atoms with Crippen LogP contribution in [0.4, 0.5) is 0 Å². The summed E-state index contributed by atoms with van der Waals surface area (Å²) in [5.41, 5.74) is 2.35. The maximum atomic E-state index is 12.4. The maximum absolute atomic E-state index is 12.4. The molecule has 0 unspecified atom stereocenters. The molecule has 0 radical (unpaired) electrons. The molecule has 4 nitrogen and oxygen atoms in total. The molecular weight excluding hydrogens is 252 g/mol. The van der Waals surface area contributed by atoms with Gasteiger partial charge in [0.05, 0.1) is 18.7 Å². The van der Waals surface area contributed by atoms with Crippen molar-refractivity contribution < 1.29 is 9.90 Å². The predicted molar refractivity (Wildman–Crippen MR) is 77.4 cm³/mol. The number of likely N-dealkylation sites (N-methyl/N-ethyl adjacent to an activating group) is 1.